The molecule has 0 spiro atoms. The number of nitrogens with zero attached hydrogens (tertiary/aromatic N) is 3. The lowest BCUT2D eigenvalue weighted by Gasteiger charge is -2.35. The summed E-state index contributed by atoms with van der Waals surface area (Å²) in [6.45, 7) is 5.85. The molecule has 1 unspecified atom stereocenters. The maximum Gasteiger partial charge on any atom is 0.410 e. The van der Waals surface area contributed by atoms with Crippen LogP contribution in [0.1, 0.15) is 47.3 Å². The maximum absolute atomic E-state index is 13.3. The molecule has 1 aromatic carbocycles. The van der Waals surface area contributed by atoms with Gasteiger partial charge in [-0.2, -0.15) is 0 Å². The van der Waals surface area contributed by atoms with Crippen LogP contribution in [0.5, 0.6) is 0 Å². The Balaban J connectivity index is 1.53. The van der Waals surface area contributed by atoms with Crippen molar-refractivity contribution >= 4 is 12.0 Å². The van der Waals surface area contributed by atoms with Gasteiger partial charge in [0.2, 0.25) is 0 Å². The predicted octanol–water partition coefficient (Wildman–Crippen LogP) is 2.82. The predicted molar refractivity (Wildman–Crippen MR) is 113 cm³/mol. The Hall–Kier alpha value is -3.09. The number of pyridine rings is 1. The van der Waals surface area contributed by atoms with Crippen molar-refractivity contribution in [3.05, 3.63) is 69.6 Å². The SMILES string of the molecule is Cc1ccn(C(C)c2ccccc2)c(=O)c1C(=O)N1CCC(N2CCOC2=O)CC1. The van der Waals surface area contributed by atoms with Crippen LogP contribution in [-0.4, -0.2) is 58.7 Å². The first-order valence-corrected chi connectivity index (χ1v) is 10.5. The maximum atomic E-state index is 13.3. The fourth-order valence-corrected chi connectivity index (χ4v) is 4.37. The van der Waals surface area contributed by atoms with Crippen molar-refractivity contribution in [3.8, 4) is 0 Å². The van der Waals surface area contributed by atoms with Crippen molar-refractivity contribution in [2.45, 2.75) is 38.8 Å². The van der Waals surface area contributed by atoms with Gasteiger partial charge < -0.3 is 19.1 Å². The molecule has 0 aliphatic carbocycles. The molecule has 3 heterocycles. The van der Waals surface area contributed by atoms with Crippen LogP contribution in [0.25, 0.3) is 0 Å². The number of hydrogen-bond donors (Lipinski definition) is 0. The first-order chi connectivity index (χ1) is 14.5. The summed E-state index contributed by atoms with van der Waals surface area (Å²) in [4.78, 5) is 41.8. The van der Waals surface area contributed by atoms with Gasteiger partial charge in [0.15, 0.2) is 0 Å². The summed E-state index contributed by atoms with van der Waals surface area (Å²) in [5, 5.41) is 0. The molecule has 158 valence electrons. The number of aryl methyl sites for hydroxylation is 1. The third kappa shape index (κ3) is 3.72. The van der Waals surface area contributed by atoms with Crippen LogP contribution in [-0.2, 0) is 4.74 Å². The first-order valence-electron chi connectivity index (χ1n) is 10.5. The molecule has 7 nitrogen and oxygen atoms in total. The van der Waals surface area contributed by atoms with Gasteiger partial charge in [0.25, 0.3) is 11.5 Å². The molecule has 7 heteroatoms. The quantitative estimate of drug-likeness (QED) is 0.779. The molecule has 0 bridgehead atoms. The van der Waals surface area contributed by atoms with E-state index in [-0.39, 0.29) is 35.2 Å². The minimum atomic E-state index is -0.267. The van der Waals surface area contributed by atoms with Crippen LogP contribution < -0.4 is 5.56 Å². The van der Waals surface area contributed by atoms with Crippen molar-refractivity contribution in [2.75, 3.05) is 26.2 Å². The fourth-order valence-electron chi connectivity index (χ4n) is 4.37. The van der Waals surface area contributed by atoms with Gasteiger partial charge in [-0.05, 0) is 43.9 Å². The van der Waals surface area contributed by atoms with Gasteiger partial charge in [-0.3, -0.25) is 9.59 Å². The van der Waals surface area contributed by atoms with Crippen molar-refractivity contribution in [1.29, 1.82) is 0 Å². The fraction of sp³-hybridized carbons (Fsp3) is 0.435. The van der Waals surface area contributed by atoms with Gasteiger partial charge in [0.05, 0.1) is 12.6 Å². The molecule has 1 atom stereocenters. The highest BCUT2D eigenvalue weighted by molar-refractivity contribution is 5.95. The molecule has 30 heavy (non-hydrogen) atoms. The van der Waals surface area contributed by atoms with Crippen LogP contribution in [0, 0.1) is 6.92 Å². The Bertz CT molecular complexity index is 993. The normalized spacial score (nSPS) is 18.4. The van der Waals surface area contributed by atoms with Crippen molar-refractivity contribution in [1.82, 2.24) is 14.4 Å². The Kier molecular flexibility index (Phi) is 5.61. The van der Waals surface area contributed by atoms with Crippen LogP contribution in [0.15, 0.2) is 47.4 Å². The van der Waals surface area contributed by atoms with Crippen LogP contribution in [0.3, 0.4) is 0 Å². The molecular formula is C23H27N3O4. The van der Waals surface area contributed by atoms with Gasteiger partial charge in [0.1, 0.15) is 12.2 Å². The van der Waals surface area contributed by atoms with E-state index in [1.165, 1.54) is 0 Å². The average molecular weight is 409 g/mol. The minimum Gasteiger partial charge on any atom is -0.448 e. The Morgan fingerprint density at radius 1 is 1.07 bits per heavy atom. The molecule has 0 radical (unpaired) electrons. The van der Waals surface area contributed by atoms with E-state index in [2.05, 4.69) is 0 Å². The summed E-state index contributed by atoms with van der Waals surface area (Å²) < 4.78 is 6.66. The van der Waals surface area contributed by atoms with Crippen molar-refractivity contribution in [3.63, 3.8) is 0 Å². The number of likely N-dealkylation sites (tertiary alicyclic amines) is 1. The van der Waals surface area contributed by atoms with Crippen LogP contribution in [0.2, 0.25) is 0 Å². The molecule has 2 amide bonds. The van der Waals surface area contributed by atoms with Crippen LogP contribution in [0.4, 0.5) is 4.79 Å². The molecule has 0 N–H and O–H groups in total. The summed E-state index contributed by atoms with van der Waals surface area (Å²) in [6.07, 6.45) is 2.89. The number of amides is 2. The zero-order valence-electron chi connectivity index (χ0n) is 17.4. The number of piperidine rings is 1. The van der Waals surface area contributed by atoms with E-state index in [4.69, 9.17) is 4.74 Å². The number of rotatable bonds is 4. The number of cyclic esters (lactones) is 1. The van der Waals surface area contributed by atoms with E-state index in [0.29, 0.717) is 44.6 Å². The highest BCUT2D eigenvalue weighted by atomic mass is 16.6. The summed E-state index contributed by atoms with van der Waals surface area (Å²) in [5.41, 5.74) is 1.67. The second-order valence-corrected chi connectivity index (χ2v) is 8.00. The number of carbonyl (C=O) groups is 2. The van der Waals surface area contributed by atoms with Gasteiger partial charge >= 0.3 is 6.09 Å². The largest absolute Gasteiger partial charge is 0.448 e. The van der Waals surface area contributed by atoms with E-state index < -0.39 is 0 Å². The second-order valence-electron chi connectivity index (χ2n) is 8.00. The van der Waals surface area contributed by atoms with E-state index >= 15 is 0 Å². The van der Waals surface area contributed by atoms with Crippen LogP contribution >= 0.6 is 0 Å². The van der Waals surface area contributed by atoms with Gasteiger partial charge in [0, 0.05) is 25.3 Å². The Labute approximate surface area is 175 Å². The number of aromatic nitrogens is 1. The zero-order chi connectivity index (χ0) is 21.3. The summed E-state index contributed by atoms with van der Waals surface area (Å²) >= 11 is 0. The monoisotopic (exact) mass is 409 g/mol. The van der Waals surface area contributed by atoms with E-state index in [1.54, 1.807) is 27.5 Å². The lowest BCUT2D eigenvalue weighted by molar-refractivity contribution is 0.0655. The topological polar surface area (TPSA) is 71.8 Å². The lowest BCUT2D eigenvalue weighted by Crippen LogP contribution is -2.48. The number of carbonyl (C=O) groups excluding carboxylic acids is 2. The highest BCUT2D eigenvalue weighted by Crippen LogP contribution is 2.22. The minimum absolute atomic E-state index is 0.0932. The Morgan fingerprint density at radius 3 is 2.40 bits per heavy atom. The summed E-state index contributed by atoms with van der Waals surface area (Å²) in [6, 6.07) is 11.5. The number of benzene rings is 1. The van der Waals surface area contributed by atoms with Gasteiger partial charge in [-0.1, -0.05) is 30.3 Å². The molecule has 2 aromatic rings. The van der Waals surface area contributed by atoms with Gasteiger partial charge in [-0.15, -0.1) is 0 Å². The summed E-state index contributed by atoms with van der Waals surface area (Å²) in [7, 11) is 0. The smallest absolute Gasteiger partial charge is 0.410 e. The molecule has 1 aromatic heterocycles. The van der Waals surface area contributed by atoms with E-state index in [0.717, 1.165) is 5.56 Å². The molecule has 2 fully saturated rings. The average Bonchev–Trinajstić information content (AvgIpc) is 3.20. The lowest BCUT2D eigenvalue weighted by atomic mass is 10.0. The molecule has 2 aliphatic rings. The second kappa shape index (κ2) is 8.34. The number of ether oxygens (including phenoxy) is 1. The zero-order valence-corrected chi connectivity index (χ0v) is 17.4. The van der Waals surface area contributed by atoms with E-state index in [9.17, 15) is 14.4 Å². The molecule has 4 rings (SSSR count). The van der Waals surface area contributed by atoms with Crippen molar-refractivity contribution in [2.24, 2.45) is 0 Å². The number of hydrogen-bond acceptors (Lipinski definition) is 4. The highest BCUT2D eigenvalue weighted by Gasteiger charge is 2.34. The molecule has 0 saturated carbocycles. The third-order valence-electron chi connectivity index (χ3n) is 6.23. The third-order valence-corrected chi connectivity index (χ3v) is 6.23. The van der Waals surface area contributed by atoms with Crippen molar-refractivity contribution < 1.29 is 14.3 Å². The molecule has 2 aliphatic heterocycles. The van der Waals surface area contributed by atoms with Gasteiger partial charge in [-0.25, -0.2) is 4.79 Å². The van der Waals surface area contributed by atoms with E-state index in [1.807, 2.05) is 43.3 Å². The Morgan fingerprint density at radius 2 is 1.77 bits per heavy atom. The molecular weight excluding hydrogens is 382 g/mol. The standard InChI is InChI=1S/C23H27N3O4/c1-16-8-13-25(17(2)18-6-4-3-5-7-18)22(28)20(16)21(27)24-11-9-19(10-12-24)26-14-15-30-23(26)29/h3-8,13,17,19H,9-12,14-15H2,1-2H3. The molecule has 2 saturated heterocycles. The summed E-state index contributed by atoms with van der Waals surface area (Å²) in [5.74, 6) is -0.227. The first kappa shape index (κ1) is 20.2.